The summed E-state index contributed by atoms with van der Waals surface area (Å²) in [6, 6.07) is 39.1. The fraction of sp³-hybridized carbons (Fsp3) is 0.0345. The zero-order chi connectivity index (χ0) is 23.8. The van der Waals surface area contributed by atoms with Gasteiger partial charge in [0.15, 0.2) is 5.70 Å². The molecular weight excluding hydrogens is 477 g/mol. The molecule has 0 atom stereocenters. The number of esters is 1. The highest BCUT2D eigenvalue weighted by Crippen LogP contribution is 2.57. The number of carbonyl (C=O) groups excluding carboxylic acids is 2. The van der Waals surface area contributed by atoms with Crippen LogP contribution in [0.15, 0.2) is 133 Å². The molecule has 176 valence electrons. The summed E-state index contributed by atoms with van der Waals surface area (Å²) >= 11 is 0. The van der Waals surface area contributed by atoms with E-state index in [0.717, 1.165) is 15.9 Å². The number of methoxy groups -OCH3 is 1. The third-order valence-electron chi connectivity index (χ3n) is 5.50. The van der Waals surface area contributed by atoms with Crippen molar-refractivity contribution in [1.29, 1.82) is 0 Å². The third-order valence-corrected chi connectivity index (χ3v) is 9.49. The maximum atomic E-state index is 13.0. The first kappa shape index (κ1) is 25.9. The summed E-state index contributed by atoms with van der Waals surface area (Å²) in [5.41, 5.74) is 0.571. The molecule has 0 saturated carbocycles. The molecule has 0 unspecified atom stereocenters. The average molecular weight is 502 g/mol. The summed E-state index contributed by atoms with van der Waals surface area (Å²) in [6.45, 7) is 0. The van der Waals surface area contributed by atoms with Crippen LogP contribution in [0.3, 0.4) is 0 Å². The molecule has 0 aliphatic heterocycles. The lowest BCUT2D eigenvalue weighted by molar-refractivity contribution is -0.136. The highest BCUT2D eigenvalue weighted by molar-refractivity contribution is 7.98. The van der Waals surface area contributed by atoms with Crippen LogP contribution in [0.25, 0.3) is 0 Å². The molecule has 0 aliphatic carbocycles. The summed E-state index contributed by atoms with van der Waals surface area (Å²) in [5.74, 6) is 0.931. The van der Waals surface area contributed by atoms with E-state index in [-0.39, 0.29) is 24.0 Å². The molecular formula is C29H25ClNO3P. The second-order valence-corrected chi connectivity index (χ2v) is 10.8. The third kappa shape index (κ3) is 5.68. The molecule has 4 aromatic rings. The minimum Gasteiger partial charge on any atom is -1.00 e. The van der Waals surface area contributed by atoms with Gasteiger partial charge in [0.1, 0.15) is 29.0 Å². The van der Waals surface area contributed by atoms with E-state index in [1.807, 2.05) is 66.5 Å². The van der Waals surface area contributed by atoms with Gasteiger partial charge in [0.05, 0.1) is 7.11 Å². The van der Waals surface area contributed by atoms with Gasteiger partial charge in [-0.2, -0.15) is 0 Å². The van der Waals surface area contributed by atoms with E-state index in [2.05, 4.69) is 41.7 Å². The van der Waals surface area contributed by atoms with E-state index in [1.54, 1.807) is 24.3 Å². The van der Waals surface area contributed by atoms with E-state index in [9.17, 15) is 9.59 Å². The van der Waals surface area contributed by atoms with Gasteiger partial charge < -0.3 is 22.5 Å². The first-order chi connectivity index (χ1) is 16.6. The number of nitrogens with one attached hydrogen (secondary N) is 1. The molecule has 6 heteroatoms. The number of rotatable bonds is 7. The van der Waals surface area contributed by atoms with Gasteiger partial charge in [0.25, 0.3) is 5.91 Å². The van der Waals surface area contributed by atoms with Crippen LogP contribution >= 0.6 is 7.26 Å². The minimum atomic E-state index is -2.50. The lowest BCUT2D eigenvalue weighted by Crippen LogP contribution is -3.00. The highest BCUT2D eigenvalue weighted by atomic mass is 35.5. The molecule has 0 aromatic heterocycles. The summed E-state index contributed by atoms with van der Waals surface area (Å²) in [7, 11) is -1.18. The van der Waals surface area contributed by atoms with Crippen LogP contribution in [0, 0.1) is 0 Å². The second-order valence-electron chi connectivity index (χ2n) is 7.58. The Morgan fingerprint density at radius 1 is 0.657 bits per heavy atom. The Kier molecular flexibility index (Phi) is 8.97. The van der Waals surface area contributed by atoms with E-state index >= 15 is 0 Å². The Labute approximate surface area is 212 Å². The van der Waals surface area contributed by atoms with Crippen molar-refractivity contribution in [2.75, 3.05) is 7.11 Å². The highest BCUT2D eigenvalue weighted by Gasteiger charge is 2.45. The van der Waals surface area contributed by atoms with Gasteiger partial charge in [0.2, 0.25) is 0 Å². The smallest absolute Gasteiger partial charge is 0.358 e. The van der Waals surface area contributed by atoms with Crippen molar-refractivity contribution >= 4 is 35.1 Å². The number of hydrogen-bond acceptors (Lipinski definition) is 3. The predicted octanol–water partition coefficient (Wildman–Crippen LogP) is 1.43. The molecule has 0 aliphatic rings. The standard InChI is InChI=1S/C29H24NO3P.ClH/c1-33-29(32)27(30-28(31)23-14-6-2-7-15-23)22-34(24-16-8-3-9-17-24,25-18-10-4-11-19-25)26-20-12-5-13-21-26;/h2-22H,1H3;1H/b27-22+;. The van der Waals surface area contributed by atoms with Crippen LogP contribution in [0.4, 0.5) is 0 Å². The zero-order valence-electron chi connectivity index (χ0n) is 19.2. The molecule has 35 heavy (non-hydrogen) atoms. The summed E-state index contributed by atoms with van der Waals surface area (Å²) < 4.78 is 5.10. The van der Waals surface area contributed by atoms with Gasteiger partial charge in [0, 0.05) is 5.56 Å². The number of carbonyl (C=O) groups is 2. The fourth-order valence-corrected chi connectivity index (χ4v) is 7.71. The maximum absolute atomic E-state index is 13.0. The van der Waals surface area contributed by atoms with Crippen molar-refractivity contribution in [3.8, 4) is 0 Å². The molecule has 1 N–H and O–H groups in total. The molecule has 0 bridgehead atoms. The maximum Gasteiger partial charge on any atom is 0.358 e. The molecule has 1 amide bonds. The lowest BCUT2D eigenvalue weighted by atomic mass is 10.2. The van der Waals surface area contributed by atoms with Crippen molar-refractivity contribution in [2.24, 2.45) is 0 Å². The Hall–Kier alpha value is -3.72. The average Bonchev–Trinajstić information content (AvgIpc) is 2.92. The number of amides is 1. The quantitative estimate of drug-likeness (QED) is 0.237. The zero-order valence-corrected chi connectivity index (χ0v) is 20.8. The fourth-order valence-electron chi connectivity index (χ4n) is 3.88. The molecule has 0 saturated heterocycles. The molecule has 0 heterocycles. The normalized spacial score (nSPS) is 11.2. The number of benzene rings is 4. The predicted molar refractivity (Wildman–Crippen MR) is 139 cm³/mol. The second kappa shape index (κ2) is 12.1. The van der Waals surface area contributed by atoms with Gasteiger partial charge in [-0.3, -0.25) is 4.79 Å². The van der Waals surface area contributed by atoms with Crippen molar-refractivity contribution < 1.29 is 26.7 Å². The Morgan fingerprint density at radius 3 is 1.40 bits per heavy atom. The van der Waals surface area contributed by atoms with Gasteiger partial charge in [-0.25, -0.2) is 4.79 Å². The van der Waals surface area contributed by atoms with E-state index in [1.165, 1.54) is 7.11 Å². The molecule has 4 nitrogen and oxygen atoms in total. The first-order valence-electron chi connectivity index (χ1n) is 10.9. The summed E-state index contributed by atoms with van der Waals surface area (Å²) in [5, 5.41) is 6.00. The SMILES string of the molecule is COC(=O)/C(=C\[P+](c1ccccc1)(c1ccccc1)c1ccccc1)NC(=O)c1ccccc1.[Cl-]. The molecule has 4 rings (SSSR count). The van der Waals surface area contributed by atoms with Gasteiger partial charge in [-0.05, 0) is 48.5 Å². The monoisotopic (exact) mass is 501 g/mol. The Morgan fingerprint density at radius 2 is 1.03 bits per heavy atom. The van der Waals surface area contributed by atoms with Gasteiger partial charge in [-0.1, -0.05) is 72.8 Å². The van der Waals surface area contributed by atoms with Crippen LogP contribution in [0.5, 0.6) is 0 Å². The number of ether oxygens (including phenoxy) is 1. The van der Waals surface area contributed by atoms with Crippen LogP contribution in [-0.4, -0.2) is 19.0 Å². The van der Waals surface area contributed by atoms with Crippen molar-refractivity contribution in [3.63, 3.8) is 0 Å². The number of halogens is 1. The van der Waals surface area contributed by atoms with E-state index < -0.39 is 13.2 Å². The van der Waals surface area contributed by atoms with E-state index in [4.69, 9.17) is 4.74 Å². The first-order valence-corrected chi connectivity index (χ1v) is 12.7. The van der Waals surface area contributed by atoms with Gasteiger partial charge in [-0.15, -0.1) is 0 Å². The molecule has 0 spiro atoms. The topological polar surface area (TPSA) is 55.4 Å². The molecule has 4 aromatic carbocycles. The van der Waals surface area contributed by atoms with Crippen molar-refractivity contribution in [2.45, 2.75) is 0 Å². The molecule has 0 radical (unpaired) electrons. The summed E-state index contributed by atoms with van der Waals surface area (Å²) in [4.78, 5) is 26.0. The lowest BCUT2D eigenvalue weighted by Gasteiger charge is -2.25. The van der Waals surface area contributed by atoms with Crippen LogP contribution in [0.2, 0.25) is 0 Å². The largest absolute Gasteiger partial charge is 1.00 e. The molecule has 0 fully saturated rings. The van der Waals surface area contributed by atoms with Crippen molar-refractivity contribution in [1.82, 2.24) is 5.32 Å². The Bertz CT molecular complexity index is 1180. The minimum absolute atomic E-state index is 0. The number of hydrogen-bond donors (Lipinski definition) is 1. The Balaban J connectivity index is 0.00000342. The van der Waals surface area contributed by atoms with Crippen molar-refractivity contribution in [3.05, 3.63) is 138 Å². The van der Waals surface area contributed by atoms with Crippen LogP contribution in [-0.2, 0) is 9.53 Å². The van der Waals surface area contributed by atoms with Crippen LogP contribution < -0.4 is 33.6 Å². The summed E-state index contributed by atoms with van der Waals surface area (Å²) in [6.07, 6.45) is 0. The van der Waals surface area contributed by atoms with Crippen LogP contribution in [0.1, 0.15) is 10.4 Å². The van der Waals surface area contributed by atoms with E-state index in [0.29, 0.717) is 5.56 Å². The van der Waals surface area contributed by atoms with Gasteiger partial charge >= 0.3 is 5.97 Å².